The molecule has 0 radical (unpaired) electrons. The van der Waals surface area contributed by atoms with E-state index in [-0.39, 0.29) is 29.0 Å². The first-order chi connectivity index (χ1) is 11.6. The number of aliphatic hydroxyl groups excluding tert-OH is 2. The van der Waals surface area contributed by atoms with Crippen LogP contribution in [-0.2, 0) is 9.53 Å². The minimum absolute atomic E-state index is 0.0121. The smallest absolute Gasteiger partial charge is 0.205 e. The molecule has 2 aliphatic heterocycles. The largest absolute Gasteiger partial charge is 0.393 e. The summed E-state index contributed by atoms with van der Waals surface area (Å²) >= 11 is 0. The number of carbonyl (C=O) groups is 1. The molecular formula is C20H28O5. The first-order valence-electron chi connectivity index (χ1n) is 9.59. The lowest BCUT2D eigenvalue weighted by atomic mass is 9.36. The lowest BCUT2D eigenvalue weighted by Crippen LogP contribution is -2.82. The number of allylic oxidation sites excluding steroid dienone is 1. The van der Waals surface area contributed by atoms with Gasteiger partial charge in [-0.1, -0.05) is 20.4 Å². The van der Waals surface area contributed by atoms with Crippen LogP contribution in [0.2, 0.25) is 0 Å². The highest BCUT2D eigenvalue weighted by Crippen LogP contribution is 2.76. The summed E-state index contributed by atoms with van der Waals surface area (Å²) in [6, 6.07) is 0. The Morgan fingerprint density at radius 1 is 1.20 bits per heavy atom. The van der Waals surface area contributed by atoms with E-state index in [0.29, 0.717) is 25.0 Å². The monoisotopic (exact) mass is 348 g/mol. The summed E-state index contributed by atoms with van der Waals surface area (Å²) in [5.41, 5.74) is -1.36. The van der Waals surface area contributed by atoms with Gasteiger partial charge in [-0.25, -0.2) is 0 Å². The minimum atomic E-state index is -1.87. The maximum Gasteiger partial charge on any atom is 0.205 e. The minimum Gasteiger partial charge on any atom is -0.393 e. The van der Waals surface area contributed by atoms with Crippen molar-refractivity contribution in [3.05, 3.63) is 12.2 Å². The number of carbonyl (C=O) groups excluding carboxylic acids is 1. The standard InChI is InChI=1S/C20H28O5/c1-10-11-4-5-12-18-7-6-13(21)17(2,3)14(18)16(23)20(24,25-9-18)19(12,8-11)15(10)22/h11-14,16,21,23-24H,1,4-9H2,2-3H3. The van der Waals surface area contributed by atoms with Crippen molar-refractivity contribution in [2.45, 2.75) is 63.9 Å². The summed E-state index contributed by atoms with van der Waals surface area (Å²) in [4.78, 5) is 13.3. The van der Waals surface area contributed by atoms with Crippen LogP contribution in [0.5, 0.6) is 0 Å². The molecule has 6 aliphatic rings. The van der Waals surface area contributed by atoms with Gasteiger partial charge < -0.3 is 20.1 Å². The van der Waals surface area contributed by atoms with E-state index in [2.05, 4.69) is 6.58 Å². The van der Waals surface area contributed by atoms with Crippen LogP contribution < -0.4 is 0 Å². The fraction of sp³-hybridized carbons (Fsp3) is 0.850. The molecule has 5 heteroatoms. The van der Waals surface area contributed by atoms with Gasteiger partial charge in [-0.3, -0.25) is 4.79 Å². The molecule has 25 heavy (non-hydrogen) atoms. The summed E-state index contributed by atoms with van der Waals surface area (Å²) < 4.78 is 5.94. The molecule has 8 unspecified atom stereocenters. The Hall–Kier alpha value is -0.750. The van der Waals surface area contributed by atoms with E-state index in [0.717, 1.165) is 19.3 Å². The number of hydrogen-bond acceptors (Lipinski definition) is 5. The third kappa shape index (κ3) is 1.44. The van der Waals surface area contributed by atoms with Gasteiger partial charge in [0.05, 0.1) is 18.1 Å². The summed E-state index contributed by atoms with van der Waals surface area (Å²) in [5.74, 6) is -2.16. The number of aliphatic hydroxyl groups is 3. The topological polar surface area (TPSA) is 87.0 Å². The first-order valence-corrected chi connectivity index (χ1v) is 9.59. The first kappa shape index (κ1) is 16.4. The van der Waals surface area contributed by atoms with Gasteiger partial charge in [0.1, 0.15) is 6.10 Å². The summed E-state index contributed by atoms with van der Waals surface area (Å²) in [5, 5.41) is 33.5. The van der Waals surface area contributed by atoms with E-state index < -0.39 is 28.8 Å². The number of ether oxygens (including phenoxy) is 1. The van der Waals surface area contributed by atoms with Crippen molar-refractivity contribution >= 4 is 5.78 Å². The molecule has 138 valence electrons. The van der Waals surface area contributed by atoms with Crippen LogP contribution in [0.4, 0.5) is 0 Å². The molecule has 3 N–H and O–H groups in total. The van der Waals surface area contributed by atoms with E-state index in [4.69, 9.17) is 4.74 Å². The Balaban J connectivity index is 1.75. The molecular weight excluding hydrogens is 320 g/mol. The van der Waals surface area contributed by atoms with Crippen LogP contribution in [0, 0.1) is 34.0 Å². The Morgan fingerprint density at radius 3 is 2.64 bits per heavy atom. The van der Waals surface area contributed by atoms with Gasteiger partial charge in [0.25, 0.3) is 0 Å². The Bertz CT molecular complexity index is 682. The van der Waals surface area contributed by atoms with Gasteiger partial charge in [0, 0.05) is 11.3 Å². The second kappa shape index (κ2) is 4.38. The average molecular weight is 348 g/mol. The number of Topliss-reactive ketones (excluding diaryl/α,β-unsaturated/α-hetero) is 1. The van der Waals surface area contributed by atoms with Gasteiger partial charge in [0.2, 0.25) is 5.79 Å². The number of rotatable bonds is 0. The van der Waals surface area contributed by atoms with Crippen LogP contribution in [-0.4, -0.2) is 45.7 Å². The molecule has 2 saturated heterocycles. The summed E-state index contributed by atoms with van der Waals surface area (Å²) in [6.45, 7) is 8.32. The van der Waals surface area contributed by atoms with E-state index >= 15 is 0 Å². The average Bonchev–Trinajstić information content (AvgIpc) is 2.76. The number of fused-ring (bicyclic) bond motifs is 2. The van der Waals surface area contributed by atoms with E-state index in [1.54, 1.807) is 0 Å². The van der Waals surface area contributed by atoms with E-state index in [9.17, 15) is 20.1 Å². The van der Waals surface area contributed by atoms with Crippen LogP contribution >= 0.6 is 0 Å². The molecule has 2 heterocycles. The molecule has 0 amide bonds. The van der Waals surface area contributed by atoms with Crippen molar-refractivity contribution in [3.8, 4) is 0 Å². The predicted molar refractivity (Wildman–Crippen MR) is 89.3 cm³/mol. The molecule has 0 aromatic rings. The Kier molecular flexibility index (Phi) is 2.88. The molecule has 4 saturated carbocycles. The second-order valence-corrected chi connectivity index (χ2v) is 9.87. The summed E-state index contributed by atoms with van der Waals surface area (Å²) in [7, 11) is 0. The fourth-order valence-corrected chi connectivity index (χ4v) is 7.81. The van der Waals surface area contributed by atoms with Crippen LogP contribution in [0.25, 0.3) is 0 Å². The molecule has 5 nitrogen and oxygen atoms in total. The van der Waals surface area contributed by atoms with E-state index in [1.807, 2.05) is 13.8 Å². The summed E-state index contributed by atoms with van der Waals surface area (Å²) in [6.07, 6.45) is 1.99. The molecule has 8 atom stereocenters. The van der Waals surface area contributed by atoms with Crippen molar-refractivity contribution in [3.63, 3.8) is 0 Å². The van der Waals surface area contributed by atoms with Gasteiger partial charge in [-0.05, 0) is 54.9 Å². The normalized spacial score (nSPS) is 58.8. The van der Waals surface area contributed by atoms with Gasteiger partial charge in [-0.2, -0.15) is 0 Å². The van der Waals surface area contributed by atoms with Crippen LogP contribution in [0.15, 0.2) is 12.2 Å². The second-order valence-electron chi connectivity index (χ2n) is 9.87. The maximum absolute atomic E-state index is 13.3. The molecule has 4 bridgehead atoms. The van der Waals surface area contributed by atoms with Gasteiger partial charge in [-0.15, -0.1) is 0 Å². The third-order valence-corrected chi connectivity index (χ3v) is 8.93. The third-order valence-electron chi connectivity index (χ3n) is 8.93. The molecule has 2 spiro atoms. The molecule has 6 rings (SSSR count). The van der Waals surface area contributed by atoms with E-state index in [1.165, 1.54) is 0 Å². The number of hydrogen-bond donors (Lipinski definition) is 3. The van der Waals surface area contributed by atoms with Crippen molar-refractivity contribution in [2.24, 2.45) is 34.0 Å². The molecule has 0 aromatic carbocycles. The van der Waals surface area contributed by atoms with Crippen molar-refractivity contribution < 1.29 is 24.9 Å². The lowest BCUT2D eigenvalue weighted by Gasteiger charge is -2.73. The zero-order valence-electron chi connectivity index (χ0n) is 15.0. The SMILES string of the molecule is C=C1C(=O)C23CC1CCC2C12CCC(O)C(C)(C)C1C(O)C3(O)OC2. The highest BCUT2D eigenvalue weighted by Gasteiger charge is 2.83. The predicted octanol–water partition coefficient (Wildman–Crippen LogP) is 1.40. The quantitative estimate of drug-likeness (QED) is 0.576. The maximum atomic E-state index is 13.3. The zero-order valence-corrected chi connectivity index (χ0v) is 15.0. The van der Waals surface area contributed by atoms with Crippen molar-refractivity contribution in [1.82, 2.24) is 0 Å². The van der Waals surface area contributed by atoms with Crippen molar-refractivity contribution in [2.75, 3.05) is 6.61 Å². The Labute approximate surface area is 148 Å². The highest BCUT2D eigenvalue weighted by molar-refractivity contribution is 6.04. The lowest BCUT2D eigenvalue weighted by molar-refractivity contribution is -0.442. The van der Waals surface area contributed by atoms with Gasteiger partial charge in [0.15, 0.2) is 5.78 Å². The van der Waals surface area contributed by atoms with Crippen LogP contribution in [0.1, 0.15) is 46.0 Å². The molecule has 4 aliphatic carbocycles. The van der Waals surface area contributed by atoms with Gasteiger partial charge >= 0.3 is 0 Å². The Morgan fingerprint density at radius 2 is 1.92 bits per heavy atom. The zero-order chi connectivity index (χ0) is 18.0. The highest BCUT2D eigenvalue weighted by atomic mass is 16.6. The van der Waals surface area contributed by atoms with Crippen LogP contribution in [0.3, 0.4) is 0 Å². The molecule has 6 fully saturated rings. The van der Waals surface area contributed by atoms with Crippen molar-refractivity contribution in [1.29, 1.82) is 0 Å². The number of ketones is 1. The molecule has 0 aromatic heterocycles. The fourth-order valence-electron chi connectivity index (χ4n) is 7.81.